The zero-order valence-corrected chi connectivity index (χ0v) is 15.5. The molecule has 150 valence electrons. The van der Waals surface area contributed by atoms with Crippen molar-refractivity contribution < 1.29 is 35.4 Å². The van der Waals surface area contributed by atoms with Gasteiger partial charge in [0.2, 0.25) is 0 Å². The van der Waals surface area contributed by atoms with Crippen LogP contribution in [0.5, 0.6) is 0 Å². The fourth-order valence-electron chi connectivity index (χ4n) is 2.17. The summed E-state index contributed by atoms with van der Waals surface area (Å²) in [6, 6.07) is 12.2. The van der Waals surface area contributed by atoms with E-state index in [0.717, 1.165) is 12.1 Å². The van der Waals surface area contributed by atoms with Gasteiger partial charge in [-0.05, 0) is 24.6 Å². The standard InChI is InChI=1S/C18H16F3NO5S/c1-2-26-17(23)15-10-6-9-14(11-15)16(18(19,20)21)22-27-28(24,25)12-13-7-4-3-5-8-13/h3-11H,2,12H2,1H3/b22-16+. The summed E-state index contributed by atoms with van der Waals surface area (Å²) in [7, 11) is -4.41. The van der Waals surface area contributed by atoms with Gasteiger partial charge in [0.25, 0.3) is 0 Å². The molecule has 0 heterocycles. The van der Waals surface area contributed by atoms with Crippen molar-refractivity contribution in [1.82, 2.24) is 0 Å². The lowest BCUT2D eigenvalue weighted by molar-refractivity contribution is -0.0597. The van der Waals surface area contributed by atoms with E-state index in [0.29, 0.717) is 5.56 Å². The second kappa shape index (κ2) is 8.87. The Kier molecular flexibility index (Phi) is 6.79. The Morgan fingerprint density at radius 2 is 1.68 bits per heavy atom. The van der Waals surface area contributed by atoms with Gasteiger partial charge in [-0.3, -0.25) is 4.28 Å². The minimum atomic E-state index is -5.02. The molecule has 0 aliphatic heterocycles. The van der Waals surface area contributed by atoms with Crippen LogP contribution in [0.4, 0.5) is 13.2 Å². The van der Waals surface area contributed by atoms with Crippen LogP contribution >= 0.6 is 0 Å². The predicted molar refractivity (Wildman–Crippen MR) is 95.1 cm³/mol. The summed E-state index contributed by atoms with van der Waals surface area (Å²) < 4.78 is 73.0. The molecule has 0 spiro atoms. The highest BCUT2D eigenvalue weighted by Gasteiger charge is 2.38. The topological polar surface area (TPSA) is 82.0 Å². The van der Waals surface area contributed by atoms with E-state index in [9.17, 15) is 26.4 Å². The normalized spacial score (nSPS) is 12.5. The molecule has 2 rings (SSSR count). The Labute approximate surface area is 159 Å². The highest BCUT2D eigenvalue weighted by Crippen LogP contribution is 2.24. The summed E-state index contributed by atoms with van der Waals surface area (Å²) in [6.45, 7) is 1.60. The molecule has 6 nitrogen and oxygen atoms in total. The van der Waals surface area contributed by atoms with Gasteiger partial charge < -0.3 is 4.74 Å². The number of carbonyl (C=O) groups excluding carboxylic acids is 1. The van der Waals surface area contributed by atoms with Gasteiger partial charge in [-0.15, -0.1) is 0 Å². The molecule has 0 unspecified atom stereocenters. The van der Waals surface area contributed by atoms with Crippen LogP contribution in [0.1, 0.15) is 28.4 Å². The SMILES string of the molecule is CCOC(=O)c1cccc(/C(=N\OS(=O)(=O)Cc2ccccc2)C(F)(F)F)c1. The largest absolute Gasteiger partial charge is 0.462 e. The maximum absolute atomic E-state index is 13.4. The van der Waals surface area contributed by atoms with Crippen LogP contribution in [0.2, 0.25) is 0 Å². The molecule has 0 saturated heterocycles. The molecule has 0 radical (unpaired) electrons. The van der Waals surface area contributed by atoms with Crippen molar-refractivity contribution in [1.29, 1.82) is 0 Å². The van der Waals surface area contributed by atoms with Gasteiger partial charge in [-0.1, -0.05) is 47.6 Å². The number of halogens is 3. The molecular weight excluding hydrogens is 399 g/mol. The average Bonchev–Trinajstić information content (AvgIpc) is 2.61. The van der Waals surface area contributed by atoms with Gasteiger partial charge in [-0.2, -0.15) is 21.6 Å². The highest BCUT2D eigenvalue weighted by molar-refractivity contribution is 7.85. The van der Waals surface area contributed by atoms with Crippen LogP contribution in [-0.2, 0) is 24.9 Å². The number of alkyl halides is 3. The molecule has 0 N–H and O–H groups in total. The molecule has 2 aromatic carbocycles. The predicted octanol–water partition coefficient (Wildman–Crippen LogP) is 3.68. The Morgan fingerprint density at radius 1 is 1.04 bits per heavy atom. The smallest absolute Gasteiger partial charge is 0.437 e. The first kappa shape index (κ1) is 21.4. The van der Waals surface area contributed by atoms with Crippen molar-refractivity contribution in [2.24, 2.45) is 5.16 Å². The average molecular weight is 415 g/mol. The summed E-state index contributed by atoms with van der Waals surface area (Å²) in [5.41, 5.74) is -1.93. The molecule has 2 aromatic rings. The number of nitrogens with zero attached hydrogens (tertiary/aromatic N) is 1. The zero-order chi connectivity index (χ0) is 20.8. The van der Waals surface area contributed by atoms with E-state index in [1.165, 1.54) is 24.3 Å². The Hall–Kier alpha value is -2.88. The third-order valence-corrected chi connectivity index (χ3v) is 4.33. The zero-order valence-electron chi connectivity index (χ0n) is 14.6. The van der Waals surface area contributed by atoms with Crippen LogP contribution in [0.3, 0.4) is 0 Å². The lowest BCUT2D eigenvalue weighted by Gasteiger charge is -2.11. The highest BCUT2D eigenvalue weighted by atomic mass is 32.2. The van der Waals surface area contributed by atoms with Crippen LogP contribution in [0.25, 0.3) is 0 Å². The number of esters is 1. The number of hydrogen-bond donors (Lipinski definition) is 0. The fourth-order valence-corrected chi connectivity index (χ4v) is 3.02. The van der Waals surface area contributed by atoms with Gasteiger partial charge in [0.05, 0.1) is 12.2 Å². The number of hydrogen-bond acceptors (Lipinski definition) is 6. The first-order valence-electron chi connectivity index (χ1n) is 8.00. The Balaban J connectivity index is 2.32. The molecule has 0 amide bonds. The first-order valence-corrected chi connectivity index (χ1v) is 9.58. The van der Waals surface area contributed by atoms with Gasteiger partial charge in [0, 0.05) is 5.56 Å². The fraction of sp³-hybridized carbons (Fsp3) is 0.222. The number of benzene rings is 2. The lowest BCUT2D eigenvalue weighted by atomic mass is 10.1. The van der Waals surface area contributed by atoms with Crippen molar-refractivity contribution in [3.8, 4) is 0 Å². The third-order valence-electron chi connectivity index (χ3n) is 3.34. The molecule has 0 atom stereocenters. The first-order chi connectivity index (χ1) is 13.1. The van der Waals surface area contributed by atoms with Crippen molar-refractivity contribution in [2.75, 3.05) is 6.61 Å². The molecule has 0 saturated carbocycles. The maximum atomic E-state index is 13.4. The summed E-state index contributed by atoms with van der Waals surface area (Å²) >= 11 is 0. The molecule has 10 heteroatoms. The van der Waals surface area contributed by atoms with Gasteiger partial charge >= 0.3 is 22.3 Å². The molecule has 0 fully saturated rings. The van der Waals surface area contributed by atoms with E-state index in [2.05, 4.69) is 9.44 Å². The second-order valence-corrected chi connectivity index (χ2v) is 7.05. The second-order valence-electron chi connectivity index (χ2n) is 5.50. The minimum absolute atomic E-state index is 0.0458. The number of ether oxygens (including phenoxy) is 1. The van der Waals surface area contributed by atoms with E-state index in [-0.39, 0.29) is 12.2 Å². The molecule has 0 aliphatic rings. The van der Waals surface area contributed by atoms with Crippen LogP contribution in [0, 0.1) is 0 Å². The van der Waals surface area contributed by atoms with E-state index < -0.39 is 39.3 Å². The summed E-state index contributed by atoms with van der Waals surface area (Å²) in [5.74, 6) is -1.46. The summed E-state index contributed by atoms with van der Waals surface area (Å²) in [4.78, 5) is 11.7. The number of carbonyl (C=O) groups is 1. The van der Waals surface area contributed by atoms with Crippen molar-refractivity contribution in [3.05, 3.63) is 71.3 Å². The van der Waals surface area contributed by atoms with E-state index in [4.69, 9.17) is 4.74 Å². The summed E-state index contributed by atoms with van der Waals surface area (Å²) in [6.07, 6.45) is -5.02. The van der Waals surface area contributed by atoms with E-state index >= 15 is 0 Å². The van der Waals surface area contributed by atoms with Crippen molar-refractivity contribution in [2.45, 2.75) is 18.9 Å². The third kappa shape index (κ3) is 6.08. The van der Waals surface area contributed by atoms with Crippen LogP contribution in [0.15, 0.2) is 59.8 Å². The quantitative estimate of drug-likeness (QED) is 0.392. The molecule has 0 aliphatic carbocycles. The van der Waals surface area contributed by atoms with Gasteiger partial charge in [0.15, 0.2) is 5.71 Å². The lowest BCUT2D eigenvalue weighted by Crippen LogP contribution is -2.25. The number of oxime groups is 1. The monoisotopic (exact) mass is 415 g/mol. The van der Waals surface area contributed by atoms with Crippen LogP contribution in [-0.4, -0.2) is 32.9 Å². The van der Waals surface area contributed by atoms with E-state index in [1.54, 1.807) is 25.1 Å². The van der Waals surface area contributed by atoms with Gasteiger partial charge in [-0.25, -0.2) is 4.79 Å². The van der Waals surface area contributed by atoms with Gasteiger partial charge in [0.1, 0.15) is 5.75 Å². The van der Waals surface area contributed by atoms with Crippen molar-refractivity contribution in [3.63, 3.8) is 0 Å². The molecule has 0 bridgehead atoms. The number of rotatable bonds is 7. The van der Waals surface area contributed by atoms with Crippen LogP contribution < -0.4 is 0 Å². The molecule has 0 aromatic heterocycles. The molecular formula is C18H16F3NO5S. The minimum Gasteiger partial charge on any atom is -0.462 e. The van der Waals surface area contributed by atoms with Crippen molar-refractivity contribution >= 4 is 21.8 Å². The molecule has 28 heavy (non-hydrogen) atoms. The Morgan fingerprint density at radius 3 is 2.29 bits per heavy atom. The maximum Gasteiger partial charge on any atom is 0.437 e. The summed E-state index contributed by atoms with van der Waals surface area (Å²) in [5, 5.41) is 2.83. The Bertz CT molecular complexity index is 957. The van der Waals surface area contributed by atoms with E-state index in [1.807, 2.05) is 0 Å².